The average Bonchev–Trinajstić information content (AvgIpc) is 3.45. The Kier molecular flexibility index (Phi) is 4.97. The summed E-state index contributed by atoms with van der Waals surface area (Å²) in [5, 5.41) is 12.1. The smallest absolute Gasteiger partial charge is 0.237 e. The standard InChI is InChI=1S/C20H24N6OS/c1-11-17(12(2)26(4)25-11)23-19(27)13(3)28-20-22-16-8-6-5-7-15(16)18(24-20)21-14-9-10-14/h5-8,13-14H,9-10H2,1-4H3,(H,23,27)(H,21,22,24). The quantitative estimate of drug-likeness (QED) is 0.488. The number of hydrogen-bond acceptors (Lipinski definition) is 6. The Labute approximate surface area is 168 Å². The van der Waals surface area contributed by atoms with Crippen molar-refractivity contribution in [1.29, 1.82) is 0 Å². The van der Waals surface area contributed by atoms with Crippen LogP contribution in [-0.4, -0.2) is 36.9 Å². The van der Waals surface area contributed by atoms with Gasteiger partial charge in [0, 0.05) is 18.5 Å². The zero-order valence-electron chi connectivity index (χ0n) is 16.5. The van der Waals surface area contributed by atoms with E-state index < -0.39 is 0 Å². The van der Waals surface area contributed by atoms with Crippen molar-refractivity contribution in [1.82, 2.24) is 19.7 Å². The number of hydrogen-bond donors (Lipinski definition) is 2. The normalized spacial score (nSPS) is 14.9. The highest BCUT2D eigenvalue weighted by molar-refractivity contribution is 8.00. The van der Waals surface area contributed by atoms with Gasteiger partial charge in [-0.1, -0.05) is 23.9 Å². The lowest BCUT2D eigenvalue weighted by molar-refractivity contribution is -0.115. The fourth-order valence-corrected chi connectivity index (χ4v) is 3.81. The number of amides is 1. The summed E-state index contributed by atoms with van der Waals surface area (Å²) < 4.78 is 1.77. The maximum absolute atomic E-state index is 12.7. The van der Waals surface area contributed by atoms with Crippen LogP contribution in [0.15, 0.2) is 29.4 Å². The van der Waals surface area contributed by atoms with E-state index in [0.29, 0.717) is 11.2 Å². The third kappa shape index (κ3) is 3.82. The van der Waals surface area contributed by atoms with Gasteiger partial charge in [0.1, 0.15) is 5.82 Å². The molecule has 1 fully saturated rings. The van der Waals surface area contributed by atoms with Gasteiger partial charge in [-0.15, -0.1) is 0 Å². The van der Waals surface area contributed by atoms with Crippen LogP contribution in [-0.2, 0) is 11.8 Å². The Morgan fingerprint density at radius 2 is 2.00 bits per heavy atom. The first-order valence-corrected chi connectivity index (χ1v) is 10.3. The molecule has 0 spiro atoms. The van der Waals surface area contributed by atoms with E-state index in [2.05, 4.69) is 20.7 Å². The van der Waals surface area contributed by atoms with Crippen LogP contribution in [0.4, 0.5) is 11.5 Å². The molecule has 0 aliphatic heterocycles. The summed E-state index contributed by atoms with van der Waals surface area (Å²) in [4.78, 5) is 22.1. The van der Waals surface area contributed by atoms with E-state index in [1.54, 1.807) is 4.68 Å². The van der Waals surface area contributed by atoms with Crippen LogP contribution in [0.25, 0.3) is 10.9 Å². The first-order chi connectivity index (χ1) is 13.4. The second kappa shape index (κ2) is 7.43. The summed E-state index contributed by atoms with van der Waals surface area (Å²) in [6.45, 7) is 5.70. The minimum Gasteiger partial charge on any atom is -0.367 e. The first-order valence-electron chi connectivity index (χ1n) is 9.43. The van der Waals surface area contributed by atoms with E-state index in [4.69, 9.17) is 4.98 Å². The van der Waals surface area contributed by atoms with Crippen LogP contribution in [0.3, 0.4) is 0 Å². The molecule has 28 heavy (non-hydrogen) atoms. The molecule has 1 atom stereocenters. The number of aromatic nitrogens is 4. The molecule has 146 valence electrons. The summed E-state index contributed by atoms with van der Waals surface area (Å²) >= 11 is 1.36. The van der Waals surface area contributed by atoms with Crippen molar-refractivity contribution in [2.75, 3.05) is 10.6 Å². The maximum Gasteiger partial charge on any atom is 0.237 e. The van der Waals surface area contributed by atoms with Gasteiger partial charge >= 0.3 is 0 Å². The number of nitrogens with one attached hydrogen (secondary N) is 2. The Morgan fingerprint density at radius 1 is 1.25 bits per heavy atom. The van der Waals surface area contributed by atoms with Gasteiger partial charge in [-0.25, -0.2) is 9.97 Å². The number of carbonyl (C=O) groups is 1. The molecule has 2 aromatic heterocycles. The molecular formula is C20H24N6OS. The number of carbonyl (C=O) groups excluding carboxylic acids is 1. The predicted molar refractivity (Wildman–Crippen MR) is 113 cm³/mol. The summed E-state index contributed by atoms with van der Waals surface area (Å²) in [5.74, 6) is 0.764. The van der Waals surface area contributed by atoms with Gasteiger partial charge in [0.25, 0.3) is 0 Å². The molecule has 2 heterocycles. The Bertz CT molecular complexity index is 1040. The first kappa shape index (κ1) is 18.7. The lowest BCUT2D eigenvalue weighted by Gasteiger charge is -2.13. The van der Waals surface area contributed by atoms with Crippen molar-refractivity contribution in [2.24, 2.45) is 7.05 Å². The van der Waals surface area contributed by atoms with Crippen molar-refractivity contribution < 1.29 is 4.79 Å². The van der Waals surface area contributed by atoms with Gasteiger partial charge < -0.3 is 10.6 Å². The molecule has 0 bridgehead atoms. The summed E-state index contributed by atoms with van der Waals surface area (Å²) in [7, 11) is 1.87. The van der Waals surface area contributed by atoms with E-state index in [0.717, 1.165) is 33.8 Å². The molecule has 1 unspecified atom stereocenters. The zero-order valence-corrected chi connectivity index (χ0v) is 17.3. The highest BCUT2D eigenvalue weighted by atomic mass is 32.2. The molecule has 1 amide bonds. The minimum absolute atomic E-state index is 0.0855. The van der Waals surface area contributed by atoms with Crippen molar-refractivity contribution >= 4 is 40.1 Å². The number of aryl methyl sites for hydroxylation is 2. The molecular weight excluding hydrogens is 372 g/mol. The Hall–Kier alpha value is -2.61. The molecule has 0 radical (unpaired) electrons. The molecule has 8 heteroatoms. The maximum atomic E-state index is 12.7. The number of nitrogens with zero attached hydrogens (tertiary/aromatic N) is 4. The average molecular weight is 397 g/mol. The van der Waals surface area contributed by atoms with Gasteiger partial charge in [0.15, 0.2) is 5.16 Å². The molecule has 0 saturated heterocycles. The number of benzene rings is 1. The minimum atomic E-state index is -0.339. The predicted octanol–water partition coefficient (Wildman–Crippen LogP) is 3.67. The number of para-hydroxylation sites is 1. The molecule has 3 aromatic rings. The molecule has 1 aromatic carbocycles. The third-order valence-corrected chi connectivity index (χ3v) is 5.87. The van der Waals surface area contributed by atoms with Gasteiger partial charge in [0.2, 0.25) is 5.91 Å². The fraction of sp³-hybridized carbons (Fsp3) is 0.400. The van der Waals surface area contributed by atoms with Crippen molar-refractivity contribution in [3.8, 4) is 0 Å². The number of thioether (sulfide) groups is 1. The third-order valence-electron chi connectivity index (χ3n) is 4.91. The van der Waals surface area contributed by atoms with Gasteiger partial charge in [-0.3, -0.25) is 9.48 Å². The molecule has 1 aliphatic carbocycles. The summed E-state index contributed by atoms with van der Waals surface area (Å²) in [6, 6.07) is 8.46. The van der Waals surface area contributed by atoms with Crippen LogP contribution in [0.5, 0.6) is 0 Å². The number of anilines is 2. The molecule has 4 rings (SSSR count). The Balaban J connectivity index is 1.54. The van der Waals surface area contributed by atoms with Crippen molar-refractivity contribution in [3.05, 3.63) is 35.7 Å². The lowest BCUT2D eigenvalue weighted by atomic mass is 10.2. The molecule has 7 nitrogen and oxygen atoms in total. The van der Waals surface area contributed by atoms with E-state index >= 15 is 0 Å². The van der Waals surface area contributed by atoms with Gasteiger partial charge in [0.05, 0.1) is 27.8 Å². The highest BCUT2D eigenvalue weighted by Gasteiger charge is 2.24. The lowest BCUT2D eigenvalue weighted by Crippen LogP contribution is -2.23. The topological polar surface area (TPSA) is 84.7 Å². The highest BCUT2D eigenvalue weighted by Crippen LogP contribution is 2.31. The largest absolute Gasteiger partial charge is 0.367 e. The van der Waals surface area contributed by atoms with Gasteiger partial charge in [-0.2, -0.15) is 5.10 Å². The van der Waals surface area contributed by atoms with Crippen molar-refractivity contribution in [3.63, 3.8) is 0 Å². The number of fused-ring (bicyclic) bond motifs is 1. The van der Waals surface area contributed by atoms with E-state index in [-0.39, 0.29) is 11.2 Å². The van der Waals surface area contributed by atoms with E-state index in [9.17, 15) is 4.79 Å². The fourth-order valence-electron chi connectivity index (χ4n) is 3.03. The molecule has 1 saturated carbocycles. The SMILES string of the molecule is Cc1nn(C)c(C)c1NC(=O)C(C)Sc1nc(NC2CC2)c2ccccc2n1. The monoisotopic (exact) mass is 396 g/mol. The van der Waals surface area contributed by atoms with Crippen LogP contribution in [0, 0.1) is 13.8 Å². The van der Waals surface area contributed by atoms with Crippen LogP contribution < -0.4 is 10.6 Å². The molecule has 1 aliphatic rings. The molecule has 2 N–H and O–H groups in total. The van der Waals surface area contributed by atoms with E-state index in [1.807, 2.05) is 52.1 Å². The second-order valence-corrected chi connectivity index (χ2v) is 8.52. The van der Waals surface area contributed by atoms with Crippen LogP contribution in [0.2, 0.25) is 0 Å². The summed E-state index contributed by atoms with van der Waals surface area (Å²) in [5.41, 5.74) is 3.40. The van der Waals surface area contributed by atoms with Gasteiger partial charge in [-0.05, 0) is 45.7 Å². The van der Waals surface area contributed by atoms with E-state index in [1.165, 1.54) is 24.6 Å². The van der Waals surface area contributed by atoms with Crippen molar-refractivity contribution in [2.45, 2.75) is 50.1 Å². The Morgan fingerprint density at radius 3 is 2.68 bits per heavy atom. The summed E-state index contributed by atoms with van der Waals surface area (Å²) in [6.07, 6.45) is 2.34. The zero-order chi connectivity index (χ0) is 19.8. The van der Waals surface area contributed by atoms with Crippen LogP contribution >= 0.6 is 11.8 Å². The number of rotatable bonds is 6. The second-order valence-electron chi connectivity index (χ2n) is 7.21. The van der Waals surface area contributed by atoms with Crippen LogP contribution in [0.1, 0.15) is 31.2 Å².